The molecule has 0 radical (unpaired) electrons. The number of para-hydroxylation sites is 1. The van der Waals surface area contributed by atoms with E-state index in [1.807, 2.05) is 13.0 Å². The minimum Gasteiger partial charge on any atom is -0.481 e. The van der Waals surface area contributed by atoms with E-state index in [1.165, 1.54) is 23.1 Å². The van der Waals surface area contributed by atoms with Gasteiger partial charge in [-0.25, -0.2) is 4.39 Å². The van der Waals surface area contributed by atoms with Gasteiger partial charge in [-0.05, 0) is 37.1 Å². The number of amides is 2. The summed E-state index contributed by atoms with van der Waals surface area (Å²) in [6.07, 6.45) is 1.81. The second-order valence-electron chi connectivity index (χ2n) is 6.65. The lowest BCUT2D eigenvalue weighted by atomic mass is 10.1. The Labute approximate surface area is 175 Å². The summed E-state index contributed by atoms with van der Waals surface area (Å²) in [7, 11) is 0. The predicted molar refractivity (Wildman–Crippen MR) is 111 cm³/mol. The molecule has 0 saturated heterocycles. The molecule has 2 rings (SSSR count). The Morgan fingerprint density at radius 1 is 1.17 bits per heavy atom. The van der Waals surface area contributed by atoms with Crippen molar-refractivity contribution in [2.75, 3.05) is 13.2 Å². The molecular formula is C22H26ClFN2O3. The minimum absolute atomic E-state index is 0.0152. The molecule has 1 atom stereocenters. The van der Waals surface area contributed by atoms with Gasteiger partial charge in [0.1, 0.15) is 6.04 Å². The van der Waals surface area contributed by atoms with Crippen molar-refractivity contribution in [1.82, 2.24) is 10.2 Å². The van der Waals surface area contributed by atoms with Crippen LogP contribution in [-0.2, 0) is 16.1 Å². The number of hydrogen-bond acceptors (Lipinski definition) is 3. The molecule has 0 saturated carbocycles. The SMILES string of the molecule is CCCCNC(=O)[C@H](C)N(Cc1ccccc1Cl)C(=O)COc1ccccc1F. The summed E-state index contributed by atoms with van der Waals surface area (Å²) in [5.41, 5.74) is 0.710. The highest BCUT2D eigenvalue weighted by molar-refractivity contribution is 6.31. The maximum absolute atomic E-state index is 13.8. The molecule has 0 spiro atoms. The molecule has 0 aliphatic rings. The first-order chi connectivity index (χ1) is 13.9. The van der Waals surface area contributed by atoms with Gasteiger partial charge in [-0.1, -0.05) is 55.3 Å². The Morgan fingerprint density at radius 3 is 2.55 bits per heavy atom. The number of unbranched alkanes of at least 4 members (excludes halogenated alkanes) is 1. The van der Waals surface area contributed by atoms with Gasteiger partial charge in [0.15, 0.2) is 18.2 Å². The van der Waals surface area contributed by atoms with E-state index >= 15 is 0 Å². The van der Waals surface area contributed by atoms with Gasteiger partial charge in [0.05, 0.1) is 0 Å². The summed E-state index contributed by atoms with van der Waals surface area (Å²) in [5.74, 6) is -1.27. The molecule has 2 aromatic carbocycles. The molecule has 0 heterocycles. The van der Waals surface area contributed by atoms with Crippen molar-refractivity contribution in [1.29, 1.82) is 0 Å². The minimum atomic E-state index is -0.736. The van der Waals surface area contributed by atoms with Gasteiger partial charge < -0.3 is 15.0 Å². The zero-order valence-electron chi connectivity index (χ0n) is 16.7. The van der Waals surface area contributed by atoms with Crippen LogP contribution >= 0.6 is 11.6 Å². The van der Waals surface area contributed by atoms with Crippen LogP contribution in [0.4, 0.5) is 4.39 Å². The van der Waals surface area contributed by atoms with E-state index in [9.17, 15) is 14.0 Å². The third kappa shape index (κ3) is 6.75. The number of carbonyl (C=O) groups is 2. The Kier molecular flexibility index (Phi) is 8.93. The normalized spacial score (nSPS) is 11.6. The third-order valence-electron chi connectivity index (χ3n) is 4.48. The van der Waals surface area contributed by atoms with Gasteiger partial charge in [-0.3, -0.25) is 9.59 Å². The molecule has 0 aliphatic heterocycles. The second kappa shape index (κ2) is 11.4. The Balaban J connectivity index is 2.14. The standard InChI is InChI=1S/C22H26ClFN2O3/c1-3-4-13-25-22(28)16(2)26(14-17-9-5-6-10-18(17)23)21(27)15-29-20-12-8-7-11-19(20)24/h5-12,16H,3-4,13-15H2,1-2H3,(H,25,28)/t16-/m0/s1. The Hall–Kier alpha value is -2.60. The molecule has 0 aromatic heterocycles. The highest BCUT2D eigenvalue weighted by atomic mass is 35.5. The molecule has 0 bridgehead atoms. The van der Waals surface area contributed by atoms with Crippen molar-refractivity contribution in [3.63, 3.8) is 0 Å². The smallest absolute Gasteiger partial charge is 0.261 e. The Morgan fingerprint density at radius 2 is 1.86 bits per heavy atom. The van der Waals surface area contributed by atoms with E-state index in [0.717, 1.165) is 12.8 Å². The lowest BCUT2D eigenvalue weighted by Gasteiger charge is -2.29. The number of nitrogens with one attached hydrogen (secondary N) is 1. The number of halogens is 2. The molecule has 0 unspecified atom stereocenters. The zero-order valence-corrected chi connectivity index (χ0v) is 17.4. The molecule has 0 fully saturated rings. The van der Waals surface area contributed by atoms with Gasteiger partial charge in [0, 0.05) is 18.1 Å². The van der Waals surface area contributed by atoms with Crippen LogP contribution in [0.5, 0.6) is 5.75 Å². The maximum Gasteiger partial charge on any atom is 0.261 e. The van der Waals surface area contributed by atoms with Gasteiger partial charge in [-0.2, -0.15) is 0 Å². The van der Waals surface area contributed by atoms with Gasteiger partial charge >= 0.3 is 0 Å². The van der Waals surface area contributed by atoms with Crippen molar-refractivity contribution in [2.24, 2.45) is 0 Å². The molecule has 2 aromatic rings. The fraction of sp³-hybridized carbons (Fsp3) is 0.364. The van der Waals surface area contributed by atoms with Crippen molar-refractivity contribution in [2.45, 2.75) is 39.3 Å². The Bertz CT molecular complexity index is 831. The average Bonchev–Trinajstić information content (AvgIpc) is 2.72. The molecule has 1 N–H and O–H groups in total. The largest absolute Gasteiger partial charge is 0.481 e. The molecule has 0 aliphatic carbocycles. The fourth-order valence-electron chi connectivity index (χ4n) is 2.71. The van der Waals surface area contributed by atoms with Crippen LogP contribution < -0.4 is 10.1 Å². The highest BCUT2D eigenvalue weighted by Crippen LogP contribution is 2.20. The van der Waals surface area contributed by atoms with Crippen molar-refractivity contribution < 1.29 is 18.7 Å². The number of carbonyl (C=O) groups excluding carboxylic acids is 2. The first-order valence-corrected chi connectivity index (χ1v) is 9.99. The van der Waals surface area contributed by atoms with E-state index in [4.69, 9.17) is 16.3 Å². The highest BCUT2D eigenvalue weighted by Gasteiger charge is 2.27. The first-order valence-electron chi connectivity index (χ1n) is 9.62. The molecule has 7 heteroatoms. The monoisotopic (exact) mass is 420 g/mol. The van der Waals surface area contributed by atoms with Gasteiger partial charge in [0.25, 0.3) is 5.91 Å². The third-order valence-corrected chi connectivity index (χ3v) is 4.85. The van der Waals surface area contributed by atoms with E-state index in [2.05, 4.69) is 5.32 Å². The predicted octanol–water partition coefficient (Wildman–Crippen LogP) is 4.19. The van der Waals surface area contributed by atoms with Crippen molar-refractivity contribution in [3.8, 4) is 5.75 Å². The van der Waals surface area contributed by atoms with Crippen molar-refractivity contribution in [3.05, 3.63) is 64.9 Å². The number of ether oxygens (including phenoxy) is 1. The topological polar surface area (TPSA) is 58.6 Å². The van der Waals surface area contributed by atoms with E-state index in [-0.39, 0.29) is 18.2 Å². The van der Waals surface area contributed by atoms with E-state index in [1.54, 1.807) is 31.2 Å². The van der Waals surface area contributed by atoms with Crippen LogP contribution in [0.3, 0.4) is 0 Å². The summed E-state index contributed by atoms with van der Waals surface area (Å²) in [4.78, 5) is 26.8. The molecular weight excluding hydrogens is 395 g/mol. The quantitative estimate of drug-likeness (QED) is 0.586. The molecule has 5 nitrogen and oxygen atoms in total. The summed E-state index contributed by atoms with van der Waals surface area (Å²) in [6.45, 7) is 3.97. The number of hydrogen-bond donors (Lipinski definition) is 1. The maximum atomic E-state index is 13.8. The van der Waals surface area contributed by atoms with Crippen LogP contribution in [0.2, 0.25) is 5.02 Å². The van der Waals surface area contributed by atoms with Gasteiger partial charge in [0.2, 0.25) is 5.91 Å². The summed E-state index contributed by atoms with van der Waals surface area (Å²) in [5, 5.41) is 3.33. The number of benzene rings is 2. The van der Waals surface area contributed by atoms with Crippen LogP contribution in [0, 0.1) is 5.82 Å². The lowest BCUT2D eigenvalue weighted by molar-refractivity contribution is -0.142. The van der Waals surface area contributed by atoms with Crippen molar-refractivity contribution >= 4 is 23.4 Å². The van der Waals surface area contributed by atoms with Crippen LogP contribution in [0.1, 0.15) is 32.3 Å². The first kappa shape index (κ1) is 22.7. The summed E-state index contributed by atoms with van der Waals surface area (Å²) < 4.78 is 19.1. The molecule has 156 valence electrons. The molecule has 2 amide bonds. The van der Waals surface area contributed by atoms with E-state index < -0.39 is 24.4 Å². The molecule has 29 heavy (non-hydrogen) atoms. The van der Waals surface area contributed by atoms with Gasteiger partial charge in [-0.15, -0.1) is 0 Å². The van der Waals surface area contributed by atoms with E-state index in [0.29, 0.717) is 17.1 Å². The average molecular weight is 421 g/mol. The number of nitrogens with zero attached hydrogens (tertiary/aromatic N) is 1. The van der Waals surface area contributed by atoms with Crippen LogP contribution in [-0.4, -0.2) is 35.9 Å². The number of rotatable bonds is 10. The van der Waals surface area contributed by atoms with Crippen LogP contribution in [0.25, 0.3) is 0 Å². The lowest BCUT2D eigenvalue weighted by Crippen LogP contribution is -2.49. The summed E-state index contributed by atoms with van der Waals surface area (Å²) in [6, 6.07) is 12.2. The van der Waals surface area contributed by atoms with Crippen LogP contribution in [0.15, 0.2) is 48.5 Å². The summed E-state index contributed by atoms with van der Waals surface area (Å²) >= 11 is 6.23. The fourth-order valence-corrected chi connectivity index (χ4v) is 2.91. The second-order valence-corrected chi connectivity index (χ2v) is 7.06. The zero-order chi connectivity index (χ0) is 21.2.